The topological polar surface area (TPSA) is 52.4 Å². The van der Waals surface area contributed by atoms with Gasteiger partial charge in [0, 0.05) is 10.8 Å². The van der Waals surface area contributed by atoms with Crippen molar-refractivity contribution >= 4 is 11.6 Å². The lowest BCUT2D eigenvalue weighted by molar-refractivity contribution is -0.534. The highest BCUT2D eigenvalue weighted by molar-refractivity contribution is 6.18. The van der Waals surface area contributed by atoms with Gasteiger partial charge in [0.05, 0.1) is 12.5 Å². The normalized spacial score (nSPS) is 29.2. The maximum atomic E-state index is 11.0. The second-order valence-corrected chi connectivity index (χ2v) is 4.16. The van der Waals surface area contributed by atoms with Gasteiger partial charge in [0.2, 0.25) is 6.04 Å². The van der Waals surface area contributed by atoms with Gasteiger partial charge in [-0.3, -0.25) is 10.1 Å². The molecule has 16 heavy (non-hydrogen) atoms. The number of benzene rings is 1. The monoisotopic (exact) mass is 241 g/mol. The third kappa shape index (κ3) is 2.03. The van der Waals surface area contributed by atoms with Crippen LogP contribution in [-0.2, 0) is 4.74 Å². The summed E-state index contributed by atoms with van der Waals surface area (Å²) in [5, 5.41) is 11.0. The fourth-order valence-electron chi connectivity index (χ4n) is 2.03. The van der Waals surface area contributed by atoms with E-state index >= 15 is 0 Å². The maximum absolute atomic E-state index is 11.0. The molecule has 3 unspecified atom stereocenters. The van der Waals surface area contributed by atoms with Crippen LogP contribution in [0.1, 0.15) is 11.7 Å². The molecule has 4 nitrogen and oxygen atoms in total. The minimum Gasteiger partial charge on any atom is -0.366 e. The minimum absolute atomic E-state index is 0.207. The molecule has 5 heteroatoms. The molecule has 1 heterocycles. The highest BCUT2D eigenvalue weighted by Crippen LogP contribution is 2.35. The molecule has 0 radical (unpaired) electrons. The summed E-state index contributed by atoms with van der Waals surface area (Å²) in [6.45, 7) is 0.356. The number of nitrogens with zero attached hydrogens (tertiary/aromatic N) is 1. The van der Waals surface area contributed by atoms with Crippen LogP contribution in [0.3, 0.4) is 0 Å². The van der Waals surface area contributed by atoms with E-state index in [4.69, 9.17) is 16.3 Å². The van der Waals surface area contributed by atoms with Crippen LogP contribution < -0.4 is 0 Å². The van der Waals surface area contributed by atoms with E-state index in [1.54, 1.807) is 0 Å². The van der Waals surface area contributed by atoms with Crippen LogP contribution in [-0.4, -0.2) is 23.5 Å². The first kappa shape index (κ1) is 11.4. The average Bonchev–Trinajstić information content (AvgIpc) is 2.73. The fraction of sp³-hybridized carbons (Fsp3) is 0.455. The van der Waals surface area contributed by atoms with E-state index in [9.17, 15) is 10.1 Å². The summed E-state index contributed by atoms with van der Waals surface area (Å²) in [6, 6.07) is 8.53. The van der Waals surface area contributed by atoms with E-state index in [-0.39, 0.29) is 16.7 Å². The number of rotatable bonds is 3. The molecule has 1 saturated heterocycles. The molecule has 1 aliphatic rings. The molecule has 1 fully saturated rings. The van der Waals surface area contributed by atoms with Gasteiger partial charge < -0.3 is 4.74 Å². The van der Waals surface area contributed by atoms with Crippen molar-refractivity contribution in [1.82, 2.24) is 0 Å². The third-order valence-corrected chi connectivity index (χ3v) is 3.25. The predicted molar refractivity (Wildman–Crippen MR) is 60.1 cm³/mol. The third-order valence-electron chi connectivity index (χ3n) is 2.85. The Morgan fingerprint density at radius 3 is 2.69 bits per heavy atom. The fourth-order valence-corrected chi connectivity index (χ4v) is 2.30. The Morgan fingerprint density at radius 2 is 2.12 bits per heavy atom. The van der Waals surface area contributed by atoms with Gasteiger partial charge in [-0.25, -0.2) is 0 Å². The average molecular weight is 242 g/mol. The zero-order valence-electron chi connectivity index (χ0n) is 8.58. The van der Waals surface area contributed by atoms with Crippen LogP contribution in [0.15, 0.2) is 30.3 Å². The van der Waals surface area contributed by atoms with Crippen molar-refractivity contribution in [3.05, 3.63) is 46.0 Å². The Kier molecular flexibility index (Phi) is 3.41. The molecule has 2 rings (SSSR count). The van der Waals surface area contributed by atoms with Crippen LogP contribution in [0.25, 0.3) is 0 Å². The van der Waals surface area contributed by atoms with E-state index in [1.807, 2.05) is 30.3 Å². The van der Waals surface area contributed by atoms with Gasteiger partial charge in [-0.1, -0.05) is 30.3 Å². The molecule has 1 aromatic rings. The Hall–Kier alpha value is -1.13. The second kappa shape index (κ2) is 4.80. The van der Waals surface area contributed by atoms with E-state index in [0.29, 0.717) is 6.61 Å². The largest absolute Gasteiger partial charge is 0.366 e. The highest BCUT2D eigenvalue weighted by atomic mass is 35.5. The first-order valence-electron chi connectivity index (χ1n) is 5.10. The van der Waals surface area contributed by atoms with Gasteiger partial charge in [0.15, 0.2) is 6.10 Å². The summed E-state index contributed by atoms with van der Waals surface area (Å²) in [4.78, 5) is 10.7. The molecule has 86 valence electrons. The molecule has 1 aliphatic heterocycles. The summed E-state index contributed by atoms with van der Waals surface area (Å²) < 4.78 is 5.49. The van der Waals surface area contributed by atoms with Gasteiger partial charge in [-0.05, 0) is 5.56 Å². The second-order valence-electron chi connectivity index (χ2n) is 3.85. The lowest BCUT2D eigenvalue weighted by Crippen LogP contribution is -2.31. The molecule has 0 aliphatic carbocycles. The standard InChI is InChI=1S/C11H12ClNO3/c12-6-9-7-16-11(10(9)13(14)15)8-4-2-1-3-5-8/h1-5,9-11H,6-7H2. The summed E-state index contributed by atoms with van der Waals surface area (Å²) in [5.41, 5.74) is 0.844. The van der Waals surface area contributed by atoms with Crippen LogP contribution in [0, 0.1) is 16.0 Å². The number of hydrogen-bond donors (Lipinski definition) is 0. The molecule has 0 amide bonds. The van der Waals surface area contributed by atoms with Crippen molar-refractivity contribution in [2.45, 2.75) is 12.1 Å². The Morgan fingerprint density at radius 1 is 1.44 bits per heavy atom. The van der Waals surface area contributed by atoms with Crippen molar-refractivity contribution in [2.24, 2.45) is 5.92 Å². The van der Waals surface area contributed by atoms with Gasteiger partial charge >= 0.3 is 0 Å². The van der Waals surface area contributed by atoms with Crippen LogP contribution in [0.2, 0.25) is 0 Å². The molecule has 3 atom stereocenters. The molecule has 0 bridgehead atoms. The molecule has 0 N–H and O–H groups in total. The summed E-state index contributed by atoms with van der Waals surface area (Å²) in [7, 11) is 0. The van der Waals surface area contributed by atoms with Crippen molar-refractivity contribution in [3.63, 3.8) is 0 Å². The van der Waals surface area contributed by atoms with Crippen molar-refractivity contribution in [1.29, 1.82) is 0 Å². The summed E-state index contributed by atoms with van der Waals surface area (Å²) >= 11 is 5.71. The first-order chi connectivity index (χ1) is 7.74. The summed E-state index contributed by atoms with van der Waals surface area (Å²) in [5.74, 6) is 0.0523. The predicted octanol–water partition coefficient (Wildman–Crippen LogP) is 2.26. The van der Waals surface area contributed by atoms with Crippen molar-refractivity contribution in [2.75, 3.05) is 12.5 Å². The zero-order valence-corrected chi connectivity index (χ0v) is 9.34. The first-order valence-corrected chi connectivity index (χ1v) is 5.63. The van der Waals surface area contributed by atoms with Gasteiger partial charge in [0.25, 0.3) is 0 Å². The number of halogens is 1. The van der Waals surface area contributed by atoms with E-state index in [0.717, 1.165) is 5.56 Å². The molecular formula is C11H12ClNO3. The molecule has 0 spiro atoms. The van der Waals surface area contributed by atoms with Crippen molar-refractivity contribution in [3.8, 4) is 0 Å². The van der Waals surface area contributed by atoms with E-state index in [2.05, 4.69) is 0 Å². The van der Waals surface area contributed by atoms with Gasteiger partial charge in [0.1, 0.15) is 0 Å². The lowest BCUT2D eigenvalue weighted by Gasteiger charge is -2.14. The Labute approximate surface area is 98.3 Å². The zero-order chi connectivity index (χ0) is 11.5. The van der Waals surface area contributed by atoms with Crippen molar-refractivity contribution < 1.29 is 9.66 Å². The van der Waals surface area contributed by atoms with E-state index in [1.165, 1.54) is 0 Å². The number of nitro groups is 1. The van der Waals surface area contributed by atoms with E-state index < -0.39 is 12.1 Å². The van der Waals surface area contributed by atoms with Crippen LogP contribution in [0.4, 0.5) is 0 Å². The molecular weight excluding hydrogens is 230 g/mol. The van der Waals surface area contributed by atoms with Gasteiger partial charge in [-0.2, -0.15) is 0 Å². The molecule has 0 aromatic heterocycles. The Bertz CT molecular complexity index is 371. The minimum atomic E-state index is -0.736. The number of ether oxygens (including phenoxy) is 1. The molecule has 1 aromatic carbocycles. The molecule has 0 saturated carbocycles. The smallest absolute Gasteiger partial charge is 0.249 e. The van der Waals surface area contributed by atoms with Crippen LogP contribution in [0.5, 0.6) is 0 Å². The summed E-state index contributed by atoms with van der Waals surface area (Å²) in [6.07, 6.45) is -0.472. The number of alkyl halides is 1. The highest BCUT2D eigenvalue weighted by Gasteiger charge is 2.46. The van der Waals surface area contributed by atoms with Gasteiger partial charge in [-0.15, -0.1) is 11.6 Å². The Balaban J connectivity index is 2.25. The quantitative estimate of drug-likeness (QED) is 0.463. The number of hydrogen-bond acceptors (Lipinski definition) is 3. The maximum Gasteiger partial charge on any atom is 0.249 e. The lowest BCUT2D eigenvalue weighted by atomic mass is 9.96. The van der Waals surface area contributed by atoms with Crippen LogP contribution >= 0.6 is 11.6 Å². The SMILES string of the molecule is O=[N+]([O-])C1C(CCl)COC1c1ccccc1.